The van der Waals surface area contributed by atoms with Crippen LogP contribution in [0.4, 0.5) is 8.78 Å². The van der Waals surface area contributed by atoms with E-state index in [4.69, 9.17) is 15.7 Å². The molecule has 6 heteroatoms. The summed E-state index contributed by atoms with van der Waals surface area (Å²) in [6.07, 6.45) is 1.69. The molecule has 0 amide bonds. The maximum Gasteiger partial charge on any atom is 0.162 e. The lowest BCUT2D eigenvalue weighted by Gasteiger charge is -2.12. The van der Waals surface area contributed by atoms with Crippen LogP contribution in [0.1, 0.15) is 18.4 Å². The van der Waals surface area contributed by atoms with E-state index in [1.165, 1.54) is 0 Å². The Morgan fingerprint density at radius 1 is 1.35 bits per heavy atom. The quantitative estimate of drug-likeness (QED) is 0.906. The number of nitriles is 1. The van der Waals surface area contributed by atoms with Gasteiger partial charge >= 0.3 is 0 Å². The normalized spacial score (nSPS) is 15.6. The lowest BCUT2D eigenvalue weighted by molar-refractivity contribution is 0.276. The van der Waals surface area contributed by atoms with Gasteiger partial charge < -0.3 is 10.5 Å². The average Bonchev–Trinajstić information content (AvgIpc) is 2.98. The summed E-state index contributed by atoms with van der Waals surface area (Å²) < 4.78 is 31.0. The highest BCUT2D eigenvalue weighted by Crippen LogP contribution is 2.33. The zero-order chi connectivity index (χ0) is 11.8. The highest BCUT2D eigenvalue weighted by Gasteiger charge is 2.39. The summed E-state index contributed by atoms with van der Waals surface area (Å²) in [6, 6.07) is 3.44. The van der Waals surface area contributed by atoms with Gasteiger partial charge in [0.05, 0.1) is 11.1 Å². The van der Waals surface area contributed by atoms with Crippen LogP contribution in [0.15, 0.2) is 12.1 Å². The van der Waals surface area contributed by atoms with Crippen LogP contribution in [0.3, 0.4) is 0 Å². The Balaban J connectivity index is 0.00000144. The number of halogens is 3. The molecule has 0 aromatic heterocycles. The van der Waals surface area contributed by atoms with E-state index in [-0.39, 0.29) is 35.9 Å². The van der Waals surface area contributed by atoms with Crippen molar-refractivity contribution in [3.63, 3.8) is 0 Å². The van der Waals surface area contributed by atoms with Crippen LogP contribution in [0.5, 0.6) is 5.75 Å². The van der Waals surface area contributed by atoms with Crippen LogP contribution in [0.25, 0.3) is 0 Å². The standard InChI is InChI=1S/C11H10F2N2O.ClH/c12-8-3-7(5-14)10(4-9(8)13)16-6-11(15)1-2-11;/h3-4H,1-2,6,15H2;1H. The van der Waals surface area contributed by atoms with E-state index in [1.807, 2.05) is 0 Å². The number of hydrogen-bond acceptors (Lipinski definition) is 3. The molecule has 0 aliphatic heterocycles. The molecule has 0 atom stereocenters. The zero-order valence-corrected chi connectivity index (χ0v) is 9.69. The molecule has 1 aromatic carbocycles. The first-order valence-electron chi connectivity index (χ1n) is 4.85. The van der Waals surface area contributed by atoms with E-state index in [0.717, 1.165) is 25.0 Å². The van der Waals surface area contributed by atoms with Gasteiger partial charge in [0.25, 0.3) is 0 Å². The van der Waals surface area contributed by atoms with Gasteiger partial charge in [0.15, 0.2) is 11.6 Å². The molecule has 2 N–H and O–H groups in total. The molecule has 0 bridgehead atoms. The Bertz CT molecular complexity index is 469. The van der Waals surface area contributed by atoms with Crippen LogP contribution in [-0.2, 0) is 0 Å². The first-order valence-corrected chi connectivity index (χ1v) is 4.85. The van der Waals surface area contributed by atoms with Crippen LogP contribution in [0.2, 0.25) is 0 Å². The van der Waals surface area contributed by atoms with Crippen molar-refractivity contribution in [2.75, 3.05) is 6.61 Å². The molecule has 2 rings (SSSR count). The zero-order valence-electron chi connectivity index (χ0n) is 8.87. The van der Waals surface area contributed by atoms with Gasteiger partial charge in [0.2, 0.25) is 0 Å². The van der Waals surface area contributed by atoms with Gasteiger partial charge in [0.1, 0.15) is 18.4 Å². The topological polar surface area (TPSA) is 59.0 Å². The number of nitrogens with two attached hydrogens (primary N) is 1. The fraction of sp³-hybridized carbons (Fsp3) is 0.364. The van der Waals surface area contributed by atoms with Crippen molar-refractivity contribution in [2.24, 2.45) is 5.73 Å². The Labute approximate surface area is 104 Å². The summed E-state index contributed by atoms with van der Waals surface area (Å²) in [5.74, 6) is -2.05. The average molecular weight is 261 g/mol. The van der Waals surface area contributed by atoms with E-state index < -0.39 is 11.6 Å². The molecule has 1 aliphatic carbocycles. The van der Waals surface area contributed by atoms with Crippen molar-refractivity contribution >= 4 is 12.4 Å². The highest BCUT2D eigenvalue weighted by atomic mass is 35.5. The number of nitrogens with zero attached hydrogens (tertiary/aromatic N) is 1. The first-order chi connectivity index (χ1) is 7.54. The van der Waals surface area contributed by atoms with E-state index in [0.29, 0.717) is 0 Å². The molecule has 3 nitrogen and oxygen atoms in total. The molecule has 0 saturated heterocycles. The van der Waals surface area contributed by atoms with E-state index >= 15 is 0 Å². The van der Waals surface area contributed by atoms with E-state index in [2.05, 4.69) is 0 Å². The smallest absolute Gasteiger partial charge is 0.162 e. The molecule has 0 unspecified atom stereocenters. The van der Waals surface area contributed by atoms with Crippen LogP contribution in [0, 0.1) is 23.0 Å². The SMILES string of the molecule is Cl.N#Cc1cc(F)c(F)cc1OCC1(N)CC1. The van der Waals surface area contributed by atoms with Crippen molar-refractivity contribution in [1.29, 1.82) is 5.26 Å². The molecular weight excluding hydrogens is 250 g/mol. The van der Waals surface area contributed by atoms with Crippen LogP contribution in [-0.4, -0.2) is 12.1 Å². The monoisotopic (exact) mass is 260 g/mol. The second-order valence-electron chi connectivity index (χ2n) is 4.03. The summed E-state index contributed by atoms with van der Waals surface area (Å²) in [4.78, 5) is 0. The molecule has 92 valence electrons. The van der Waals surface area contributed by atoms with Gasteiger partial charge in [-0.25, -0.2) is 8.78 Å². The maximum atomic E-state index is 12.9. The Morgan fingerprint density at radius 3 is 2.47 bits per heavy atom. The molecule has 0 heterocycles. The Hall–Kier alpha value is -1.38. The summed E-state index contributed by atoms with van der Waals surface area (Å²) in [6.45, 7) is 0.215. The number of hydrogen-bond donors (Lipinski definition) is 1. The van der Waals surface area contributed by atoms with Crippen molar-refractivity contribution in [1.82, 2.24) is 0 Å². The van der Waals surface area contributed by atoms with Crippen molar-refractivity contribution in [2.45, 2.75) is 18.4 Å². The molecule has 1 saturated carbocycles. The Morgan fingerprint density at radius 2 is 1.94 bits per heavy atom. The third kappa shape index (κ3) is 3.05. The number of rotatable bonds is 3. The van der Waals surface area contributed by atoms with Crippen LogP contribution >= 0.6 is 12.4 Å². The van der Waals surface area contributed by atoms with Crippen molar-refractivity contribution in [3.05, 3.63) is 29.3 Å². The second kappa shape index (κ2) is 4.86. The molecule has 1 aliphatic rings. The minimum atomic E-state index is -1.06. The van der Waals surface area contributed by atoms with E-state index in [9.17, 15) is 8.78 Å². The minimum Gasteiger partial charge on any atom is -0.490 e. The fourth-order valence-electron chi connectivity index (χ4n) is 1.26. The maximum absolute atomic E-state index is 12.9. The predicted octanol–water partition coefficient (Wildman–Crippen LogP) is 2.13. The molecule has 1 aromatic rings. The minimum absolute atomic E-state index is 0. The largest absolute Gasteiger partial charge is 0.490 e. The highest BCUT2D eigenvalue weighted by molar-refractivity contribution is 5.85. The summed E-state index contributed by atoms with van der Waals surface area (Å²) in [5, 5.41) is 8.73. The van der Waals surface area contributed by atoms with Gasteiger partial charge in [-0.1, -0.05) is 0 Å². The molecule has 17 heavy (non-hydrogen) atoms. The predicted molar refractivity (Wildman–Crippen MR) is 60.0 cm³/mol. The molecular formula is C11H11ClF2N2O. The number of ether oxygens (including phenoxy) is 1. The van der Waals surface area contributed by atoms with Gasteiger partial charge in [-0.3, -0.25) is 0 Å². The summed E-state index contributed by atoms with van der Waals surface area (Å²) >= 11 is 0. The second-order valence-corrected chi connectivity index (χ2v) is 4.03. The van der Waals surface area contributed by atoms with Crippen molar-refractivity contribution < 1.29 is 13.5 Å². The summed E-state index contributed by atoms with van der Waals surface area (Å²) in [5.41, 5.74) is 5.39. The lowest BCUT2D eigenvalue weighted by atomic mass is 10.2. The van der Waals surface area contributed by atoms with Gasteiger partial charge in [-0.15, -0.1) is 12.4 Å². The number of benzene rings is 1. The molecule has 1 fully saturated rings. The first kappa shape index (κ1) is 13.7. The fourth-order valence-corrected chi connectivity index (χ4v) is 1.26. The third-order valence-corrected chi connectivity index (χ3v) is 2.55. The molecule has 0 spiro atoms. The Kier molecular flexibility index (Phi) is 3.91. The van der Waals surface area contributed by atoms with Crippen molar-refractivity contribution in [3.8, 4) is 11.8 Å². The van der Waals surface area contributed by atoms with Gasteiger partial charge in [0, 0.05) is 6.07 Å². The molecule has 0 radical (unpaired) electrons. The van der Waals surface area contributed by atoms with Gasteiger partial charge in [-0.2, -0.15) is 5.26 Å². The van der Waals surface area contributed by atoms with Crippen LogP contribution < -0.4 is 10.5 Å². The van der Waals surface area contributed by atoms with Gasteiger partial charge in [-0.05, 0) is 18.9 Å². The van der Waals surface area contributed by atoms with E-state index in [1.54, 1.807) is 6.07 Å². The third-order valence-electron chi connectivity index (χ3n) is 2.55. The summed E-state index contributed by atoms with van der Waals surface area (Å²) in [7, 11) is 0. The lowest BCUT2D eigenvalue weighted by Crippen LogP contribution is -2.30.